The predicted molar refractivity (Wildman–Crippen MR) is 68.8 cm³/mol. The summed E-state index contributed by atoms with van der Waals surface area (Å²) in [4.78, 5) is 10.8. The van der Waals surface area contributed by atoms with Gasteiger partial charge in [0.15, 0.2) is 0 Å². The smallest absolute Gasteiger partial charge is 0.258 e. The summed E-state index contributed by atoms with van der Waals surface area (Å²) in [5.74, 6) is 0. The third kappa shape index (κ3) is 2.70. The Morgan fingerprint density at radius 2 is 1.88 bits per heavy atom. The maximum atomic E-state index is 11.1. The highest BCUT2D eigenvalue weighted by Gasteiger charge is 2.23. The van der Waals surface area contributed by atoms with Crippen LogP contribution < -0.4 is 0 Å². The third-order valence-corrected chi connectivity index (χ3v) is 3.19. The Morgan fingerprint density at radius 1 is 1.25 bits per heavy atom. The minimum absolute atomic E-state index is 0.234. The first kappa shape index (κ1) is 12.9. The minimum atomic E-state index is -0.289. The van der Waals surface area contributed by atoms with Crippen molar-refractivity contribution in [2.75, 3.05) is 0 Å². The van der Waals surface area contributed by atoms with E-state index in [9.17, 15) is 10.1 Å². The van der Waals surface area contributed by atoms with Gasteiger partial charge in [-0.3, -0.25) is 10.1 Å². The third-order valence-electron chi connectivity index (χ3n) is 2.45. The molecule has 86 valence electrons. The first-order valence-electron chi connectivity index (χ1n) is 5.23. The molecule has 0 aromatic heterocycles. The summed E-state index contributed by atoms with van der Waals surface area (Å²) in [5, 5.41) is 11.1. The van der Waals surface area contributed by atoms with Crippen molar-refractivity contribution < 1.29 is 4.92 Å². The molecule has 0 aromatic carbocycles. The molecular formula is C12H14BrNO2. The summed E-state index contributed by atoms with van der Waals surface area (Å²) in [6, 6.07) is 0. The molecule has 4 heteroatoms. The van der Waals surface area contributed by atoms with Crippen molar-refractivity contribution in [2.45, 2.75) is 26.7 Å². The van der Waals surface area contributed by atoms with Crippen LogP contribution in [0.2, 0.25) is 0 Å². The molecule has 0 radical (unpaired) electrons. The zero-order chi connectivity index (χ0) is 12.1. The lowest BCUT2D eigenvalue weighted by molar-refractivity contribution is -0.422. The summed E-state index contributed by atoms with van der Waals surface area (Å²) in [6.07, 6.45) is 8.65. The SMILES string of the molecule is CCC1=C/C=C/C=C(/Br)C(CC)=C1[N+](=O)[O-]. The fourth-order valence-electron chi connectivity index (χ4n) is 1.65. The lowest BCUT2D eigenvalue weighted by Gasteiger charge is -2.09. The van der Waals surface area contributed by atoms with Crippen molar-refractivity contribution in [3.05, 3.63) is 55.7 Å². The lowest BCUT2D eigenvalue weighted by atomic mass is 10.0. The number of allylic oxidation sites excluding steroid dienone is 7. The van der Waals surface area contributed by atoms with Crippen LogP contribution in [0, 0.1) is 10.1 Å². The summed E-state index contributed by atoms with van der Waals surface area (Å²) < 4.78 is 0.789. The molecule has 3 nitrogen and oxygen atoms in total. The van der Waals surface area contributed by atoms with E-state index >= 15 is 0 Å². The fourth-order valence-corrected chi connectivity index (χ4v) is 2.27. The molecule has 0 aromatic rings. The molecular weight excluding hydrogens is 270 g/mol. The topological polar surface area (TPSA) is 43.1 Å². The molecule has 0 saturated heterocycles. The molecule has 1 aliphatic rings. The monoisotopic (exact) mass is 283 g/mol. The number of rotatable bonds is 3. The van der Waals surface area contributed by atoms with E-state index < -0.39 is 0 Å². The Balaban J connectivity index is 3.42. The molecule has 0 fully saturated rings. The van der Waals surface area contributed by atoms with E-state index in [0.717, 1.165) is 15.6 Å². The zero-order valence-electron chi connectivity index (χ0n) is 9.37. The highest BCUT2D eigenvalue weighted by molar-refractivity contribution is 9.12. The molecule has 0 amide bonds. The molecule has 0 saturated carbocycles. The molecule has 0 heterocycles. The molecule has 0 spiro atoms. The maximum absolute atomic E-state index is 11.1. The quantitative estimate of drug-likeness (QED) is 0.578. The largest absolute Gasteiger partial charge is 0.276 e. The van der Waals surface area contributed by atoms with Crippen molar-refractivity contribution in [1.29, 1.82) is 0 Å². The van der Waals surface area contributed by atoms with Gasteiger partial charge in [0.2, 0.25) is 0 Å². The number of hydrogen-bond donors (Lipinski definition) is 0. The second kappa shape index (κ2) is 5.80. The second-order valence-electron chi connectivity index (χ2n) is 3.38. The van der Waals surface area contributed by atoms with Gasteiger partial charge in [-0.2, -0.15) is 0 Å². The normalized spacial score (nSPS) is 21.7. The highest BCUT2D eigenvalue weighted by atomic mass is 79.9. The van der Waals surface area contributed by atoms with E-state index in [4.69, 9.17) is 0 Å². The predicted octanol–water partition coefficient (Wildman–Crippen LogP) is 4.11. The van der Waals surface area contributed by atoms with E-state index in [0.29, 0.717) is 12.8 Å². The fraction of sp³-hybridized carbons (Fsp3) is 0.333. The Kier molecular flexibility index (Phi) is 4.68. The number of halogens is 1. The van der Waals surface area contributed by atoms with Gasteiger partial charge in [0.1, 0.15) is 0 Å². The highest BCUT2D eigenvalue weighted by Crippen LogP contribution is 2.30. The minimum Gasteiger partial charge on any atom is -0.258 e. The van der Waals surface area contributed by atoms with E-state index in [2.05, 4.69) is 15.9 Å². The van der Waals surface area contributed by atoms with Crippen molar-refractivity contribution in [3.63, 3.8) is 0 Å². The molecule has 0 aliphatic heterocycles. The van der Waals surface area contributed by atoms with Crippen LogP contribution >= 0.6 is 15.9 Å². The summed E-state index contributed by atoms with van der Waals surface area (Å²) in [7, 11) is 0. The van der Waals surface area contributed by atoms with Gasteiger partial charge in [-0.1, -0.05) is 48.0 Å². The molecule has 0 N–H and O–H groups in total. The van der Waals surface area contributed by atoms with Crippen LogP contribution in [-0.2, 0) is 0 Å². The van der Waals surface area contributed by atoms with Crippen LogP contribution in [0.5, 0.6) is 0 Å². The van der Waals surface area contributed by atoms with Crippen molar-refractivity contribution in [3.8, 4) is 0 Å². The van der Waals surface area contributed by atoms with E-state index in [1.54, 1.807) is 0 Å². The van der Waals surface area contributed by atoms with Crippen LogP contribution in [-0.4, -0.2) is 4.92 Å². The molecule has 0 atom stereocenters. The van der Waals surface area contributed by atoms with Gasteiger partial charge in [0.25, 0.3) is 5.70 Å². The van der Waals surface area contributed by atoms with Gasteiger partial charge in [-0.15, -0.1) is 0 Å². The van der Waals surface area contributed by atoms with Crippen LogP contribution in [0.1, 0.15) is 26.7 Å². The van der Waals surface area contributed by atoms with Crippen molar-refractivity contribution in [2.24, 2.45) is 0 Å². The first-order chi connectivity index (χ1) is 7.61. The summed E-state index contributed by atoms with van der Waals surface area (Å²) in [6.45, 7) is 3.85. The zero-order valence-corrected chi connectivity index (χ0v) is 11.0. The molecule has 1 rings (SSSR count). The van der Waals surface area contributed by atoms with Crippen molar-refractivity contribution in [1.82, 2.24) is 0 Å². The number of nitro groups is 1. The van der Waals surface area contributed by atoms with Crippen LogP contribution in [0.25, 0.3) is 0 Å². The van der Waals surface area contributed by atoms with Gasteiger partial charge in [0, 0.05) is 15.6 Å². The Hall–Kier alpha value is -1.16. The van der Waals surface area contributed by atoms with E-state index in [1.807, 2.05) is 38.2 Å². The number of nitrogens with zero attached hydrogens (tertiary/aromatic N) is 1. The molecule has 1 aliphatic carbocycles. The molecule has 16 heavy (non-hydrogen) atoms. The van der Waals surface area contributed by atoms with Gasteiger partial charge >= 0.3 is 0 Å². The average Bonchev–Trinajstić information content (AvgIpc) is 2.23. The van der Waals surface area contributed by atoms with E-state index in [1.165, 1.54) is 0 Å². The van der Waals surface area contributed by atoms with Gasteiger partial charge in [-0.05, 0) is 18.9 Å². The molecule has 0 bridgehead atoms. The van der Waals surface area contributed by atoms with Crippen LogP contribution in [0.15, 0.2) is 45.6 Å². The Morgan fingerprint density at radius 3 is 2.38 bits per heavy atom. The molecule has 0 unspecified atom stereocenters. The Labute approximate surface area is 104 Å². The van der Waals surface area contributed by atoms with Crippen molar-refractivity contribution >= 4 is 15.9 Å². The standard InChI is InChI=1S/C12H14BrNO2/c1-3-9-7-5-6-8-11(13)10(4-2)12(9)14(15)16/h5-8H,3-4H2,1-2H3/b6-5+,7-5?,8-6?,9-7?,11-8+,11-10?,12-9?,12-10?. The summed E-state index contributed by atoms with van der Waals surface area (Å²) >= 11 is 3.39. The van der Waals surface area contributed by atoms with Gasteiger partial charge in [0.05, 0.1) is 4.92 Å². The second-order valence-corrected chi connectivity index (χ2v) is 4.24. The Bertz CT molecular complexity index is 417. The van der Waals surface area contributed by atoms with Gasteiger partial charge < -0.3 is 0 Å². The first-order valence-corrected chi connectivity index (χ1v) is 6.02. The van der Waals surface area contributed by atoms with Crippen LogP contribution in [0.3, 0.4) is 0 Å². The summed E-state index contributed by atoms with van der Waals surface area (Å²) in [5.41, 5.74) is 1.75. The lowest BCUT2D eigenvalue weighted by Crippen LogP contribution is -2.07. The average molecular weight is 284 g/mol. The van der Waals surface area contributed by atoms with E-state index in [-0.39, 0.29) is 10.6 Å². The van der Waals surface area contributed by atoms with Crippen LogP contribution in [0.4, 0.5) is 0 Å². The number of hydrogen-bond acceptors (Lipinski definition) is 2. The maximum Gasteiger partial charge on any atom is 0.276 e. The van der Waals surface area contributed by atoms with Gasteiger partial charge in [-0.25, -0.2) is 0 Å².